The largest absolute Gasteiger partial charge is 0.507 e. The summed E-state index contributed by atoms with van der Waals surface area (Å²) in [4.78, 5) is 30.9. The van der Waals surface area contributed by atoms with Gasteiger partial charge in [0.1, 0.15) is 30.0 Å². The highest BCUT2D eigenvalue weighted by Gasteiger charge is 2.46. The van der Waals surface area contributed by atoms with E-state index in [2.05, 4.69) is 18.7 Å². The highest BCUT2D eigenvalue weighted by molar-refractivity contribution is 6.46. The Labute approximate surface area is 242 Å². The maximum Gasteiger partial charge on any atom is 0.295 e. The minimum absolute atomic E-state index is 0.0532. The number of likely N-dealkylation sites (tertiary alicyclic amines) is 1. The summed E-state index contributed by atoms with van der Waals surface area (Å²) in [6, 6.07) is 22.1. The third-order valence-corrected chi connectivity index (χ3v) is 7.90. The van der Waals surface area contributed by atoms with Gasteiger partial charge in [0.05, 0.1) is 11.6 Å². The number of rotatable bonds is 11. The van der Waals surface area contributed by atoms with E-state index in [-0.39, 0.29) is 17.4 Å². The van der Waals surface area contributed by atoms with Crippen LogP contribution in [0.15, 0.2) is 78.4 Å². The Bertz CT molecular complexity index is 1430. The van der Waals surface area contributed by atoms with Crippen LogP contribution in [0.2, 0.25) is 0 Å². The van der Waals surface area contributed by atoms with Crippen LogP contribution in [0.25, 0.3) is 5.76 Å². The van der Waals surface area contributed by atoms with Crippen LogP contribution in [0, 0.1) is 0 Å². The summed E-state index contributed by atoms with van der Waals surface area (Å²) in [5, 5.41) is 11.6. The number of amides is 1. The standard InChI is InChI=1S/C34H38N2O5/c1-4-35(5-2)17-10-18-36-31(25-13-9-14-28(21-25)40-22-24-11-7-6-8-12-24)30(33(38)34(36)39)32(37)26-15-16-29-27(20-26)19-23(3)41-29/h6-9,11-16,20-21,23,31,37H,4-5,10,17-19,22H2,1-3H3/t23-,31-/m1/s1. The Hall–Kier alpha value is -4.10. The number of carbonyl (C=O) groups excluding carboxylic acids is 2. The summed E-state index contributed by atoms with van der Waals surface area (Å²) < 4.78 is 11.9. The van der Waals surface area contributed by atoms with Crippen molar-refractivity contribution in [2.75, 3.05) is 26.2 Å². The number of hydrogen-bond acceptors (Lipinski definition) is 6. The molecule has 0 saturated carbocycles. The van der Waals surface area contributed by atoms with Crippen LogP contribution in [0.5, 0.6) is 11.5 Å². The molecular weight excluding hydrogens is 516 g/mol. The van der Waals surface area contributed by atoms with Gasteiger partial charge >= 0.3 is 0 Å². The lowest BCUT2D eigenvalue weighted by atomic mass is 9.94. The Morgan fingerprint density at radius 2 is 1.80 bits per heavy atom. The Balaban J connectivity index is 1.50. The summed E-state index contributed by atoms with van der Waals surface area (Å²) in [6.45, 7) is 9.65. The maximum atomic E-state index is 13.5. The number of nitrogens with zero attached hydrogens (tertiary/aromatic N) is 2. The van der Waals surface area contributed by atoms with Crippen molar-refractivity contribution in [3.63, 3.8) is 0 Å². The van der Waals surface area contributed by atoms with Crippen LogP contribution in [-0.4, -0.2) is 58.9 Å². The van der Waals surface area contributed by atoms with E-state index in [1.54, 1.807) is 11.0 Å². The van der Waals surface area contributed by atoms with E-state index in [9.17, 15) is 14.7 Å². The first-order valence-electron chi connectivity index (χ1n) is 14.5. The van der Waals surface area contributed by atoms with E-state index in [0.29, 0.717) is 30.9 Å². The molecular formula is C34H38N2O5. The van der Waals surface area contributed by atoms with Crippen molar-refractivity contribution in [1.82, 2.24) is 9.80 Å². The predicted octanol–water partition coefficient (Wildman–Crippen LogP) is 5.74. The van der Waals surface area contributed by atoms with E-state index < -0.39 is 17.7 Å². The van der Waals surface area contributed by atoms with Crippen molar-refractivity contribution in [3.05, 3.63) is 101 Å². The summed E-state index contributed by atoms with van der Waals surface area (Å²) in [7, 11) is 0. The molecule has 5 rings (SSSR count). The first-order chi connectivity index (χ1) is 19.9. The molecule has 1 saturated heterocycles. The maximum absolute atomic E-state index is 13.5. The summed E-state index contributed by atoms with van der Waals surface area (Å²) in [5.41, 5.74) is 3.34. The average molecular weight is 555 g/mol. The van der Waals surface area contributed by atoms with Crippen LogP contribution < -0.4 is 9.47 Å². The number of aliphatic hydroxyl groups is 1. The molecule has 0 bridgehead atoms. The zero-order valence-electron chi connectivity index (χ0n) is 24.0. The van der Waals surface area contributed by atoms with Gasteiger partial charge in [-0.05, 0) is 80.0 Å². The van der Waals surface area contributed by atoms with E-state index in [4.69, 9.17) is 9.47 Å². The molecule has 0 aliphatic carbocycles. The zero-order chi connectivity index (χ0) is 28.9. The van der Waals surface area contributed by atoms with Gasteiger partial charge in [-0.15, -0.1) is 0 Å². The van der Waals surface area contributed by atoms with Gasteiger partial charge in [-0.1, -0.05) is 56.3 Å². The number of benzene rings is 3. The molecule has 1 N–H and O–H groups in total. The molecule has 41 heavy (non-hydrogen) atoms. The molecule has 3 aromatic rings. The van der Waals surface area contributed by atoms with Crippen LogP contribution in [0.3, 0.4) is 0 Å². The van der Waals surface area contributed by atoms with Crippen LogP contribution >= 0.6 is 0 Å². The first kappa shape index (κ1) is 28.4. The van der Waals surface area contributed by atoms with E-state index >= 15 is 0 Å². The van der Waals surface area contributed by atoms with Crippen LogP contribution in [-0.2, 0) is 22.6 Å². The molecule has 7 heteroatoms. The van der Waals surface area contributed by atoms with Crippen molar-refractivity contribution in [1.29, 1.82) is 0 Å². The second kappa shape index (κ2) is 12.6. The number of hydrogen-bond donors (Lipinski definition) is 1. The lowest BCUT2D eigenvalue weighted by Gasteiger charge is -2.27. The molecule has 0 aromatic heterocycles. The number of carbonyl (C=O) groups is 2. The normalized spacial score (nSPS) is 19.5. The molecule has 1 fully saturated rings. The van der Waals surface area contributed by atoms with Gasteiger partial charge in [0, 0.05) is 18.5 Å². The van der Waals surface area contributed by atoms with Crippen LogP contribution in [0.4, 0.5) is 0 Å². The minimum Gasteiger partial charge on any atom is -0.507 e. The first-order valence-corrected chi connectivity index (χ1v) is 14.5. The van der Waals surface area contributed by atoms with Crippen LogP contribution in [0.1, 0.15) is 55.5 Å². The van der Waals surface area contributed by atoms with Gasteiger partial charge in [-0.25, -0.2) is 0 Å². The van der Waals surface area contributed by atoms with Gasteiger partial charge < -0.3 is 24.4 Å². The molecule has 2 aliphatic heterocycles. The average Bonchev–Trinajstić information content (AvgIpc) is 3.49. The fraction of sp³-hybridized carbons (Fsp3) is 0.353. The number of Topliss-reactive ketones (excluding diaryl/α,β-unsaturated/α-hetero) is 1. The molecule has 0 spiro atoms. The number of ether oxygens (including phenoxy) is 2. The van der Waals surface area contributed by atoms with Crippen molar-refractivity contribution < 1.29 is 24.2 Å². The highest BCUT2D eigenvalue weighted by atomic mass is 16.5. The van der Waals surface area contributed by atoms with Gasteiger partial charge in [0.25, 0.3) is 11.7 Å². The Kier molecular flexibility index (Phi) is 8.74. The number of ketones is 1. The smallest absolute Gasteiger partial charge is 0.295 e. The monoisotopic (exact) mass is 554 g/mol. The van der Waals surface area contributed by atoms with Crippen molar-refractivity contribution in [3.8, 4) is 11.5 Å². The van der Waals surface area contributed by atoms with Crippen molar-refractivity contribution >= 4 is 17.4 Å². The molecule has 3 aromatic carbocycles. The van der Waals surface area contributed by atoms with Gasteiger partial charge in [-0.3, -0.25) is 9.59 Å². The number of aliphatic hydroxyl groups excluding tert-OH is 1. The fourth-order valence-corrected chi connectivity index (χ4v) is 5.70. The number of fused-ring (bicyclic) bond motifs is 1. The Morgan fingerprint density at radius 1 is 1.02 bits per heavy atom. The van der Waals surface area contributed by atoms with Gasteiger partial charge in [0.2, 0.25) is 0 Å². The topological polar surface area (TPSA) is 79.3 Å². The van der Waals surface area contributed by atoms with Gasteiger partial charge in [0.15, 0.2) is 0 Å². The zero-order valence-corrected chi connectivity index (χ0v) is 24.0. The second-order valence-corrected chi connectivity index (χ2v) is 10.7. The van der Waals surface area contributed by atoms with E-state index in [1.807, 2.05) is 73.7 Å². The lowest BCUT2D eigenvalue weighted by molar-refractivity contribution is -0.140. The molecule has 0 unspecified atom stereocenters. The highest BCUT2D eigenvalue weighted by Crippen LogP contribution is 2.41. The third-order valence-electron chi connectivity index (χ3n) is 7.90. The molecule has 2 aliphatic rings. The molecule has 1 amide bonds. The SMILES string of the molecule is CCN(CC)CCCN1C(=O)C(=O)C(=C(O)c2ccc3c(c2)C[C@@H](C)O3)[C@H]1c1cccc(OCc2ccccc2)c1. The van der Waals surface area contributed by atoms with Crippen molar-refractivity contribution in [2.45, 2.75) is 52.4 Å². The van der Waals surface area contributed by atoms with Crippen molar-refractivity contribution in [2.24, 2.45) is 0 Å². The fourth-order valence-electron chi connectivity index (χ4n) is 5.70. The molecule has 2 heterocycles. The predicted molar refractivity (Wildman–Crippen MR) is 159 cm³/mol. The molecule has 0 radical (unpaired) electrons. The lowest BCUT2D eigenvalue weighted by Crippen LogP contribution is -2.33. The molecule has 214 valence electrons. The summed E-state index contributed by atoms with van der Waals surface area (Å²) >= 11 is 0. The molecule has 2 atom stereocenters. The third kappa shape index (κ3) is 6.15. The van der Waals surface area contributed by atoms with E-state index in [0.717, 1.165) is 48.5 Å². The van der Waals surface area contributed by atoms with E-state index in [1.165, 1.54) is 0 Å². The summed E-state index contributed by atoms with van der Waals surface area (Å²) in [6.07, 6.45) is 1.49. The quantitative estimate of drug-likeness (QED) is 0.185. The second-order valence-electron chi connectivity index (χ2n) is 10.7. The minimum atomic E-state index is -0.726. The Morgan fingerprint density at radius 3 is 2.56 bits per heavy atom. The summed E-state index contributed by atoms with van der Waals surface area (Å²) in [5.74, 6) is -0.0205. The molecule has 7 nitrogen and oxygen atoms in total. The van der Waals surface area contributed by atoms with Gasteiger partial charge in [-0.2, -0.15) is 0 Å².